The number of hydrogen-bond donors (Lipinski definition) is 1. The smallest absolute Gasteiger partial charge is 0.128 e. The molecule has 1 aromatic carbocycles. The van der Waals surface area contributed by atoms with E-state index >= 15 is 0 Å². The predicted molar refractivity (Wildman–Crippen MR) is 44.4 cm³/mol. The molecule has 0 aliphatic heterocycles. The highest BCUT2D eigenvalue weighted by Crippen LogP contribution is 2.10. The second kappa shape index (κ2) is 3.30. The van der Waals surface area contributed by atoms with Gasteiger partial charge in [-0.25, -0.2) is 4.39 Å². The van der Waals surface area contributed by atoms with Gasteiger partial charge in [-0.15, -0.1) is 0 Å². The van der Waals surface area contributed by atoms with Crippen LogP contribution in [-0.4, -0.2) is 0 Å². The monoisotopic (exact) mass is 151 g/mol. The van der Waals surface area contributed by atoms with Crippen LogP contribution >= 0.6 is 0 Å². The molecule has 0 saturated carbocycles. The van der Waals surface area contributed by atoms with E-state index in [-0.39, 0.29) is 12.4 Å². The molecule has 0 saturated heterocycles. The first kappa shape index (κ1) is 7.95. The fraction of sp³-hybridized carbons (Fsp3) is 0.111. The van der Waals surface area contributed by atoms with E-state index in [4.69, 9.17) is 5.73 Å². The summed E-state index contributed by atoms with van der Waals surface area (Å²) in [7, 11) is 0. The average Bonchev–Trinajstić information content (AvgIpc) is 2.04. The van der Waals surface area contributed by atoms with E-state index in [9.17, 15) is 4.39 Å². The number of nitrogens with two attached hydrogens (primary N) is 1. The van der Waals surface area contributed by atoms with Crippen LogP contribution < -0.4 is 5.73 Å². The summed E-state index contributed by atoms with van der Waals surface area (Å²) < 4.78 is 12.9. The Kier molecular flexibility index (Phi) is 2.39. The minimum Gasteiger partial charge on any atom is -0.326 e. The van der Waals surface area contributed by atoms with Crippen molar-refractivity contribution in [3.05, 3.63) is 41.7 Å². The molecular formula is C9H10FN. The van der Waals surface area contributed by atoms with Crippen LogP contribution in [0.25, 0.3) is 6.08 Å². The first-order chi connectivity index (χ1) is 5.27. The average molecular weight is 151 g/mol. The van der Waals surface area contributed by atoms with Crippen LogP contribution in [-0.2, 0) is 6.54 Å². The first-order valence-electron chi connectivity index (χ1n) is 3.39. The van der Waals surface area contributed by atoms with Gasteiger partial charge in [0, 0.05) is 12.1 Å². The Morgan fingerprint density at radius 3 is 2.73 bits per heavy atom. The van der Waals surface area contributed by atoms with Gasteiger partial charge in [-0.2, -0.15) is 0 Å². The van der Waals surface area contributed by atoms with Crippen LogP contribution in [0.1, 0.15) is 11.1 Å². The molecule has 1 aromatic rings. The van der Waals surface area contributed by atoms with E-state index in [0.717, 1.165) is 5.56 Å². The Labute approximate surface area is 65.3 Å². The molecule has 0 radical (unpaired) electrons. The summed E-state index contributed by atoms with van der Waals surface area (Å²) in [6.07, 6.45) is 1.60. The van der Waals surface area contributed by atoms with E-state index in [1.165, 1.54) is 6.07 Å². The highest BCUT2D eigenvalue weighted by atomic mass is 19.1. The maximum atomic E-state index is 12.9. The zero-order valence-corrected chi connectivity index (χ0v) is 6.18. The lowest BCUT2D eigenvalue weighted by molar-refractivity contribution is 0.610. The summed E-state index contributed by atoms with van der Waals surface area (Å²) in [5.41, 5.74) is 6.59. The molecule has 2 N–H and O–H groups in total. The Hall–Kier alpha value is -1.15. The minimum atomic E-state index is -0.259. The van der Waals surface area contributed by atoms with Crippen LogP contribution in [0, 0.1) is 5.82 Å². The molecule has 1 rings (SSSR count). The number of hydrogen-bond acceptors (Lipinski definition) is 1. The van der Waals surface area contributed by atoms with Crippen molar-refractivity contribution in [1.29, 1.82) is 0 Å². The van der Waals surface area contributed by atoms with E-state index in [1.807, 2.05) is 0 Å². The molecule has 0 spiro atoms. The molecule has 0 bridgehead atoms. The molecule has 58 valence electrons. The van der Waals surface area contributed by atoms with Gasteiger partial charge in [0.2, 0.25) is 0 Å². The van der Waals surface area contributed by atoms with Gasteiger partial charge in [-0.1, -0.05) is 24.8 Å². The Morgan fingerprint density at radius 2 is 2.27 bits per heavy atom. The van der Waals surface area contributed by atoms with Gasteiger partial charge >= 0.3 is 0 Å². The SMILES string of the molecule is C=Cc1ccc(CN)c(F)c1. The van der Waals surface area contributed by atoms with Crippen molar-refractivity contribution in [3.63, 3.8) is 0 Å². The lowest BCUT2D eigenvalue weighted by Gasteiger charge is -1.99. The number of rotatable bonds is 2. The molecule has 0 fully saturated rings. The van der Waals surface area contributed by atoms with Gasteiger partial charge < -0.3 is 5.73 Å². The maximum Gasteiger partial charge on any atom is 0.128 e. The highest BCUT2D eigenvalue weighted by Gasteiger charge is 1.98. The molecule has 0 heterocycles. The number of benzene rings is 1. The summed E-state index contributed by atoms with van der Waals surface area (Å²) in [6, 6.07) is 4.89. The molecular weight excluding hydrogens is 141 g/mol. The quantitative estimate of drug-likeness (QED) is 0.686. The van der Waals surface area contributed by atoms with Crippen LogP contribution in [0.3, 0.4) is 0 Å². The van der Waals surface area contributed by atoms with Gasteiger partial charge in [0.25, 0.3) is 0 Å². The Bertz CT molecular complexity index is 268. The van der Waals surface area contributed by atoms with Crippen molar-refractivity contribution < 1.29 is 4.39 Å². The first-order valence-corrected chi connectivity index (χ1v) is 3.39. The second-order valence-corrected chi connectivity index (χ2v) is 2.26. The topological polar surface area (TPSA) is 26.0 Å². The fourth-order valence-electron chi connectivity index (χ4n) is 0.856. The predicted octanol–water partition coefficient (Wildman–Crippen LogP) is 1.93. The normalized spacial score (nSPS) is 9.64. The zero-order valence-electron chi connectivity index (χ0n) is 6.18. The van der Waals surface area contributed by atoms with E-state index in [0.29, 0.717) is 5.56 Å². The number of halogens is 1. The second-order valence-electron chi connectivity index (χ2n) is 2.26. The summed E-state index contributed by atoms with van der Waals surface area (Å²) >= 11 is 0. The molecule has 1 nitrogen and oxygen atoms in total. The van der Waals surface area contributed by atoms with E-state index in [1.54, 1.807) is 18.2 Å². The van der Waals surface area contributed by atoms with Crippen LogP contribution in [0.4, 0.5) is 4.39 Å². The van der Waals surface area contributed by atoms with Gasteiger partial charge in [-0.05, 0) is 11.6 Å². The summed E-state index contributed by atoms with van der Waals surface area (Å²) in [6.45, 7) is 3.77. The van der Waals surface area contributed by atoms with Crippen LogP contribution in [0.15, 0.2) is 24.8 Å². The van der Waals surface area contributed by atoms with Crippen molar-refractivity contribution in [3.8, 4) is 0 Å². The summed E-state index contributed by atoms with van der Waals surface area (Å²) in [4.78, 5) is 0. The third-order valence-corrected chi connectivity index (χ3v) is 1.53. The largest absolute Gasteiger partial charge is 0.326 e. The van der Waals surface area contributed by atoms with Gasteiger partial charge in [0.15, 0.2) is 0 Å². The molecule has 0 amide bonds. The third kappa shape index (κ3) is 1.65. The van der Waals surface area contributed by atoms with Crippen molar-refractivity contribution in [2.75, 3.05) is 0 Å². The van der Waals surface area contributed by atoms with E-state index in [2.05, 4.69) is 6.58 Å². The molecule has 11 heavy (non-hydrogen) atoms. The Morgan fingerprint density at radius 1 is 1.55 bits per heavy atom. The minimum absolute atomic E-state index is 0.239. The summed E-state index contributed by atoms with van der Waals surface area (Å²) in [5, 5.41) is 0. The highest BCUT2D eigenvalue weighted by molar-refractivity contribution is 5.47. The molecule has 0 unspecified atom stereocenters. The molecule has 0 atom stereocenters. The standard InChI is InChI=1S/C9H10FN/c1-2-7-3-4-8(6-11)9(10)5-7/h2-5H,1,6,11H2. The fourth-order valence-corrected chi connectivity index (χ4v) is 0.856. The van der Waals surface area contributed by atoms with Crippen molar-refractivity contribution in [1.82, 2.24) is 0 Å². The van der Waals surface area contributed by atoms with Crippen molar-refractivity contribution >= 4 is 6.08 Å². The van der Waals surface area contributed by atoms with E-state index < -0.39 is 0 Å². The van der Waals surface area contributed by atoms with Gasteiger partial charge in [0.05, 0.1) is 0 Å². The summed E-state index contributed by atoms with van der Waals surface area (Å²) in [5.74, 6) is -0.259. The molecule has 0 aliphatic carbocycles. The Balaban J connectivity index is 3.09. The van der Waals surface area contributed by atoms with Gasteiger partial charge in [0.1, 0.15) is 5.82 Å². The molecule has 0 aliphatic rings. The lowest BCUT2D eigenvalue weighted by Crippen LogP contribution is -1.99. The third-order valence-electron chi connectivity index (χ3n) is 1.53. The van der Waals surface area contributed by atoms with Crippen LogP contribution in [0.5, 0.6) is 0 Å². The zero-order chi connectivity index (χ0) is 8.27. The van der Waals surface area contributed by atoms with Crippen molar-refractivity contribution in [2.24, 2.45) is 5.73 Å². The molecule has 0 aromatic heterocycles. The van der Waals surface area contributed by atoms with Crippen molar-refractivity contribution in [2.45, 2.75) is 6.54 Å². The maximum absolute atomic E-state index is 12.9. The lowest BCUT2D eigenvalue weighted by atomic mass is 10.1. The van der Waals surface area contributed by atoms with Gasteiger partial charge in [-0.3, -0.25) is 0 Å². The van der Waals surface area contributed by atoms with Crippen LogP contribution in [0.2, 0.25) is 0 Å². The molecule has 2 heteroatoms.